The smallest absolute Gasteiger partial charge is 0.329 e. The molecule has 1 heterocycles. The number of hydrazone groups is 1. The van der Waals surface area contributed by atoms with E-state index in [1.165, 1.54) is 13.3 Å². The van der Waals surface area contributed by atoms with Gasteiger partial charge in [-0.15, -0.1) is 0 Å². The number of carbonyl (C=O) groups is 2. The first-order valence-electron chi connectivity index (χ1n) is 9.96. The zero-order chi connectivity index (χ0) is 23.3. The van der Waals surface area contributed by atoms with Crippen molar-refractivity contribution in [3.63, 3.8) is 0 Å². The molecule has 0 unspecified atom stereocenters. The molecule has 8 nitrogen and oxygen atoms in total. The molecule has 0 atom stereocenters. The van der Waals surface area contributed by atoms with Gasteiger partial charge in [-0.1, -0.05) is 12.1 Å². The maximum Gasteiger partial charge on any atom is 0.329 e. The Labute approximate surface area is 186 Å². The number of nitrogens with zero attached hydrogens (tertiary/aromatic N) is 2. The first-order chi connectivity index (χ1) is 15.3. The Bertz CT molecular complexity index is 1180. The summed E-state index contributed by atoms with van der Waals surface area (Å²) < 4.78 is 12.7. The molecular weight excluding hydrogens is 408 g/mol. The van der Waals surface area contributed by atoms with Crippen LogP contribution in [0.15, 0.2) is 53.6 Å². The molecule has 0 aliphatic heterocycles. The van der Waals surface area contributed by atoms with Crippen molar-refractivity contribution >= 4 is 23.7 Å². The van der Waals surface area contributed by atoms with Gasteiger partial charge in [-0.2, -0.15) is 5.10 Å². The van der Waals surface area contributed by atoms with Crippen molar-refractivity contribution < 1.29 is 19.1 Å². The normalized spacial score (nSPS) is 10.8. The third-order valence-corrected chi connectivity index (χ3v) is 4.95. The number of nitrogens with one attached hydrogen (secondary N) is 2. The number of anilines is 1. The second-order valence-corrected chi connectivity index (χ2v) is 7.22. The molecule has 166 valence electrons. The van der Waals surface area contributed by atoms with Crippen LogP contribution >= 0.6 is 0 Å². The van der Waals surface area contributed by atoms with Gasteiger partial charge in [0.25, 0.3) is 0 Å². The van der Waals surface area contributed by atoms with E-state index in [-0.39, 0.29) is 0 Å². The van der Waals surface area contributed by atoms with Gasteiger partial charge in [-0.25, -0.2) is 5.43 Å². The summed E-state index contributed by atoms with van der Waals surface area (Å²) in [4.78, 5) is 24.2. The summed E-state index contributed by atoms with van der Waals surface area (Å²) >= 11 is 0. The van der Waals surface area contributed by atoms with E-state index < -0.39 is 11.8 Å². The molecule has 3 aromatic rings. The molecule has 0 spiro atoms. The monoisotopic (exact) mass is 434 g/mol. The second kappa shape index (κ2) is 9.82. The van der Waals surface area contributed by atoms with Crippen LogP contribution in [0.1, 0.15) is 22.5 Å². The largest absolute Gasteiger partial charge is 0.497 e. The molecule has 0 bridgehead atoms. The molecule has 32 heavy (non-hydrogen) atoms. The van der Waals surface area contributed by atoms with E-state index in [1.807, 2.05) is 45.0 Å². The lowest BCUT2D eigenvalue weighted by molar-refractivity contribution is -0.136. The highest BCUT2D eigenvalue weighted by atomic mass is 16.5. The summed E-state index contributed by atoms with van der Waals surface area (Å²) in [6, 6.07) is 14.6. The number of benzene rings is 2. The maximum atomic E-state index is 12.1. The first-order valence-corrected chi connectivity index (χ1v) is 9.96. The summed E-state index contributed by atoms with van der Waals surface area (Å²) in [6.45, 7) is 5.95. The lowest BCUT2D eigenvalue weighted by atomic mass is 10.2. The number of hydrogen-bond donors (Lipinski definition) is 2. The van der Waals surface area contributed by atoms with E-state index >= 15 is 0 Å². The molecule has 3 rings (SSSR count). The predicted octanol–water partition coefficient (Wildman–Crippen LogP) is 3.51. The minimum Gasteiger partial charge on any atom is -0.497 e. The summed E-state index contributed by atoms with van der Waals surface area (Å²) in [6.07, 6.45) is 1.51. The molecule has 0 radical (unpaired) electrons. The molecule has 8 heteroatoms. The molecule has 2 aromatic carbocycles. The van der Waals surface area contributed by atoms with Gasteiger partial charge >= 0.3 is 11.8 Å². The topological polar surface area (TPSA) is 94.0 Å². The van der Waals surface area contributed by atoms with E-state index in [0.717, 1.165) is 34.0 Å². The van der Waals surface area contributed by atoms with Crippen molar-refractivity contribution in [2.45, 2.75) is 20.8 Å². The molecule has 2 N–H and O–H groups in total. The van der Waals surface area contributed by atoms with Crippen LogP contribution in [0.5, 0.6) is 11.5 Å². The predicted molar refractivity (Wildman–Crippen MR) is 124 cm³/mol. The van der Waals surface area contributed by atoms with Gasteiger partial charge in [-0.05, 0) is 56.7 Å². The van der Waals surface area contributed by atoms with Crippen molar-refractivity contribution in [2.75, 3.05) is 19.5 Å². The van der Waals surface area contributed by atoms with E-state index in [1.54, 1.807) is 31.4 Å². The number of rotatable bonds is 6. The van der Waals surface area contributed by atoms with Gasteiger partial charge in [0.15, 0.2) is 0 Å². The zero-order valence-electron chi connectivity index (χ0n) is 18.7. The van der Waals surface area contributed by atoms with Gasteiger partial charge in [0.2, 0.25) is 0 Å². The number of methoxy groups -OCH3 is 2. The first kappa shape index (κ1) is 22.6. The third kappa shape index (κ3) is 4.97. The van der Waals surface area contributed by atoms with Crippen LogP contribution < -0.4 is 20.2 Å². The zero-order valence-corrected chi connectivity index (χ0v) is 18.7. The second-order valence-electron chi connectivity index (χ2n) is 7.22. The Morgan fingerprint density at radius 3 is 2.47 bits per heavy atom. The SMILES string of the molecule is COc1cccc(NC(=O)C(=O)N/N=C/c2cc(C)n(-c3cc(C)ccc3OC)c2C)c1. The van der Waals surface area contributed by atoms with Crippen LogP contribution in [-0.2, 0) is 9.59 Å². The number of amides is 2. The van der Waals surface area contributed by atoms with E-state index in [9.17, 15) is 9.59 Å². The van der Waals surface area contributed by atoms with Crippen molar-refractivity contribution in [1.29, 1.82) is 0 Å². The molecule has 0 fully saturated rings. The Hall–Kier alpha value is -4.07. The third-order valence-electron chi connectivity index (χ3n) is 4.95. The Kier molecular flexibility index (Phi) is 6.94. The Balaban J connectivity index is 1.72. The average molecular weight is 434 g/mol. The summed E-state index contributed by atoms with van der Waals surface area (Å²) in [5, 5.41) is 6.46. The average Bonchev–Trinajstić information content (AvgIpc) is 3.06. The van der Waals surface area contributed by atoms with Crippen molar-refractivity contribution in [3.8, 4) is 17.2 Å². The molecule has 0 aliphatic rings. The lowest BCUT2D eigenvalue weighted by Gasteiger charge is -2.14. The van der Waals surface area contributed by atoms with E-state index in [4.69, 9.17) is 9.47 Å². The minimum atomic E-state index is -0.877. The minimum absolute atomic E-state index is 0.448. The van der Waals surface area contributed by atoms with Gasteiger partial charge in [0, 0.05) is 28.7 Å². The lowest BCUT2D eigenvalue weighted by Crippen LogP contribution is -2.32. The van der Waals surface area contributed by atoms with Gasteiger partial charge < -0.3 is 19.4 Å². The van der Waals surface area contributed by atoms with Crippen molar-refractivity contribution in [1.82, 2.24) is 9.99 Å². The number of aryl methyl sites for hydroxylation is 2. The van der Waals surface area contributed by atoms with Crippen molar-refractivity contribution in [2.24, 2.45) is 5.10 Å². The van der Waals surface area contributed by atoms with Gasteiger partial charge in [-0.3, -0.25) is 9.59 Å². The fourth-order valence-corrected chi connectivity index (χ4v) is 3.36. The van der Waals surface area contributed by atoms with Crippen LogP contribution in [0.2, 0.25) is 0 Å². The van der Waals surface area contributed by atoms with Crippen molar-refractivity contribution in [3.05, 3.63) is 71.0 Å². The van der Waals surface area contributed by atoms with Crippen LogP contribution in [0.4, 0.5) is 5.69 Å². The molecule has 0 saturated heterocycles. The van der Waals surface area contributed by atoms with E-state index in [2.05, 4.69) is 20.4 Å². The molecule has 0 aliphatic carbocycles. The van der Waals surface area contributed by atoms with Gasteiger partial charge in [0.1, 0.15) is 11.5 Å². The quantitative estimate of drug-likeness (QED) is 0.353. The van der Waals surface area contributed by atoms with Crippen LogP contribution in [0, 0.1) is 20.8 Å². The Morgan fingerprint density at radius 1 is 0.969 bits per heavy atom. The number of carbonyl (C=O) groups excluding carboxylic acids is 2. The number of aromatic nitrogens is 1. The fraction of sp³-hybridized carbons (Fsp3) is 0.208. The fourth-order valence-electron chi connectivity index (χ4n) is 3.36. The molecule has 2 amide bonds. The summed E-state index contributed by atoms with van der Waals surface area (Å²) in [7, 11) is 3.16. The number of ether oxygens (including phenoxy) is 2. The molecular formula is C24H26N4O4. The molecule has 1 aromatic heterocycles. The van der Waals surface area contributed by atoms with Crippen LogP contribution in [0.3, 0.4) is 0 Å². The van der Waals surface area contributed by atoms with Gasteiger partial charge in [0.05, 0.1) is 26.1 Å². The number of hydrogen-bond acceptors (Lipinski definition) is 5. The van der Waals surface area contributed by atoms with E-state index in [0.29, 0.717) is 11.4 Å². The summed E-state index contributed by atoms with van der Waals surface area (Å²) in [5.41, 5.74) is 7.45. The standard InChI is InChI=1S/C24H26N4O4/c1-15-9-10-22(32-5)21(11-15)28-16(2)12-18(17(28)3)14-25-27-24(30)23(29)26-19-7-6-8-20(13-19)31-4/h6-14H,1-5H3,(H,26,29)(H,27,30)/b25-14+. The highest BCUT2D eigenvalue weighted by Gasteiger charge is 2.15. The van der Waals surface area contributed by atoms with Crippen LogP contribution in [0.25, 0.3) is 5.69 Å². The van der Waals surface area contributed by atoms with Crippen LogP contribution in [-0.4, -0.2) is 36.8 Å². The highest BCUT2D eigenvalue weighted by molar-refractivity contribution is 6.39. The maximum absolute atomic E-state index is 12.1. The molecule has 0 saturated carbocycles. The Morgan fingerprint density at radius 2 is 1.75 bits per heavy atom. The summed E-state index contributed by atoms with van der Waals surface area (Å²) in [5.74, 6) is -0.381. The highest BCUT2D eigenvalue weighted by Crippen LogP contribution is 2.28.